The van der Waals surface area contributed by atoms with Gasteiger partial charge in [0.2, 0.25) is 0 Å². The van der Waals surface area contributed by atoms with Crippen LogP contribution in [0.3, 0.4) is 0 Å². The van der Waals surface area contributed by atoms with Crippen LogP contribution in [0.4, 0.5) is 0 Å². The molecule has 1 atom stereocenters. The number of hydrogen-bond donors (Lipinski definition) is 1. The third kappa shape index (κ3) is 3.70. The Morgan fingerprint density at radius 1 is 1.33 bits per heavy atom. The molecule has 1 aromatic rings. The monoisotopic (exact) mass is 249 g/mol. The molecule has 0 aliphatic rings. The third-order valence-electron chi connectivity index (χ3n) is 3.66. The van der Waals surface area contributed by atoms with Crippen LogP contribution in [-0.4, -0.2) is 16.8 Å². The number of rotatable bonds is 8. The molecule has 0 spiro atoms. The smallest absolute Gasteiger partial charge is 0.0644 e. The van der Waals surface area contributed by atoms with Gasteiger partial charge in [0.15, 0.2) is 0 Å². The molecule has 0 saturated carbocycles. The fourth-order valence-corrected chi connectivity index (χ4v) is 2.54. The second-order valence-electron chi connectivity index (χ2n) is 4.98. The van der Waals surface area contributed by atoms with Gasteiger partial charge in [-0.05, 0) is 40.2 Å². The summed E-state index contributed by atoms with van der Waals surface area (Å²) in [7, 11) is 4.06. The Balaban J connectivity index is 2.57. The van der Waals surface area contributed by atoms with E-state index < -0.39 is 0 Å². The fourth-order valence-electron chi connectivity index (χ4n) is 2.54. The molecule has 1 N–H and O–H groups in total. The first-order valence-corrected chi connectivity index (χ1v) is 6.90. The van der Waals surface area contributed by atoms with Crippen molar-refractivity contribution in [1.29, 1.82) is 0 Å². The molecular weight excluding hydrogens is 222 g/mol. The maximum Gasteiger partial charge on any atom is 0.0644 e. The Labute approximate surface area is 111 Å². The van der Waals surface area contributed by atoms with Gasteiger partial charge in [0.25, 0.3) is 0 Å². The highest BCUT2D eigenvalue weighted by atomic mass is 15.3. The summed E-state index contributed by atoms with van der Waals surface area (Å²) in [6, 6.07) is 0.433. The van der Waals surface area contributed by atoms with E-state index in [1.807, 2.05) is 24.9 Å². The van der Waals surface area contributed by atoms with Crippen molar-refractivity contribution >= 4 is 0 Å². The number of nitrogens with zero attached hydrogens (tertiary/aromatic N) is 2. The summed E-state index contributed by atoms with van der Waals surface area (Å²) in [6.07, 6.45) is 8.11. The van der Waals surface area contributed by atoms with E-state index in [1.165, 1.54) is 36.9 Å². The minimum Gasteiger partial charge on any atom is -0.313 e. The van der Waals surface area contributed by atoms with Gasteiger partial charge in [0.05, 0.1) is 5.69 Å². The lowest BCUT2D eigenvalue weighted by molar-refractivity contribution is 0.503. The van der Waals surface area contributed by atoms with Gasteiger partial charge in [-0.3, -0.25) is 4.68 Å². The van der Waals surface area contributed by atoms with Gasteiger partial charge in [-0.25, -0.2) is 0 Å². The molecule has 0 aliphatic heterocycles. The van der Waals surface area contributed by atoms with Crippen LogP contribution in [0.25, 0.3) is 0 Å². The molecule has 0 amide bonds. The van der Waals surface area contributed by atoms with E-state index in [-0.39, 0.29) is 0 Å². The molecule has 0 radical (unpaired) electrons. The second kappa shape index (κ2) is 7.37. The van der Waals surface area contributed by atoms with Gasteiger partial charge in [0, 0.05) is 24.3 Å². The van der Waals surface area contributed by atoms with Gasteiger partial charge in [-0.15, -0.1) is 6.58 Å². The second-order valence-corrected chi connectivity index (χ2v) is 4.98. The maximum atomic E-state index is 4.50. The Bertz CT molecular complexity index is 379. The fraction of sp³-hybridized carbons (Fsp3) is 0.667. The van der Waals surface area contributed by atoms with E-state index >= 15 is 0 Å². The molecule has 0 fully saturated rings. The Hall–Kier alpha value is -1.09. The van der Waals surface area contributed by atoms with Gasteiger partial charge < -0.3 is 5.32 Å². The number of aromatic nitrogens is 2. The summed E-state index contributed by atoms with van der Waals surface area (Å²) in [5, 5.41) is 7.93. The van der Waals surface area contributed by atoms with Crippen molar-refractivity contribution in [3.8, 4) is 0 Å². The molecule has 0 aromatic carbocycles. The van der Waals surface area contributed by atoms with Crippen molar-refractivity contribution in [1.82, 2.24) is 15.1 Å². The Kier molecular flexibility index (Phi) is 6.13. The molecule has 0 aliphatic carbocycles. The van der Waals surface area contributed by atoms with Gasteiger partial charge >= 0.3 is 0 Å². The van der Waals surface area contributed by atoms with Crippen LogP contribution in [0.1, 0.15) is 55.1 Å². The highest BCUT2D eigenvalue weighted by molar-refractivity contribution is 5.28. The molecule has 1 aromatic heterocycles. The predicted molar refractivity (Wildman–Crippen MR) is 77.8 cm³/mol. The lowest BCUT2D eigenvalue weighted by Gasteiger charge is -2.17. The van der Waals surface area contributed by atoms with Crippen LogP contribution in [0, 0.1) is 13.8 Å². The highest BCUT2D eigenvalue weighted by Crippen LogP contribution is 2.25. The van der Waals surface area contributed by atoms with Crippen molar-refractivity contribution in [3.05, 3.63) is 29.6 Å². The van der Waals surface area contributed by atoms with Crippen LogP contribution in [-0.2, 0) is 7.05 Å². The number of allylic oxidation sites excluding steroid dienone is 1. The summed E-state index contributed by atoms with van der Waals surface area (Å²) < 4.78 is 1.98. The largest absolute Gasteiger partial charge is 0.313 e. The molecule has 102 valence electrons. The molecule has 0 saturated heterocycles. The van der Waals surface area contributed by atoms with E-state index in [0.717, 1.165) is 12.1 Å². The average molecular weight is 249 g/mol. The first-order valence-electron chi connectivity index (χ1n) is 6.90. The molecule has 18 heavy (non-hydrogen) atoms. The molecule has 0 bridgehead atoms. The average Bonchev–Trinajstić information content (AvgIpc) is 2.59. The minimum atomic E-state index is 0.433. The molecule has 1 unspecified atom stereocenters. The van der Waals surface area contributed by atoms with E-state index in [4.69, 9.17) is 0 Å². The van der Waals surface area contributed by atoms with Crippen LogP contribution in [0.5, 0.6) is 0 Å². The van der Waals surface area contributed by atoms with Crippen LogP contribution in [0.15, 0.2) is 12.7 Å². The summed E-state index contributed by atoms with van der Waals surface area (Å²) in [4.78, 5) is 0. The molecule has 1 heterocycles. The van der Waals surface area contributed by atoms with Crippen molar-refractivity contribution < 1.29 is 0 Å². The first kappa shape index (κ1) is 15.0. The van der Waals surface area contributed by atoms with Crippen molar-refractivity contribution in [3.63, 3.8) is 0 Å². The van der Waals surface area contributed by atoms with E-state index in [9.17, 15) is 0 Å². The standard InChI is InChI=1S/C15H27N3/c1-6-7-8-9-10-11-14(16-4)15-12(2)17-18(5)13(15)3/h6,14,16H,1,7-11H2,2-5H3. The zero-order chi connectivity index (χ0) is 13.5. The normalized spacial score (nSPS) is 12.7. The van der Waals surface area contributed by atoms with Gasteiger partial charge in [-0.1, -0.05) is 18.9 Å². The van der Waals surface area contributed by atoms with E-state index in [0.29, 0.717) is 6.04 Å². The van der Waals surface area contributed by atoms with E-state index in [2.05, 4.69) is 30.8 Å². The van der Waals surface area contributed by atoms with Crippen molar-refractivity contribution in [2.24, 2.45) is 7.05 Å². The minimum absolute atomic E-state index is 0.433. The summed E-state index contributed by atoms with van der Waals surface area (Å²) in [6.45, 7) is 8.01. The zero-order valence-corrected chi connectivity index (χ0v) is 12.3. The number of hydrogen-bond acceptors (Lipinski definition) is 2. The summed E-state index contributed by atoms with van der Waals surface area (Å²) in [5.74, 6) is 0. The SMILES string of the molecule is C=CCCCCCC(NC)c1c(C)nn(C)c1C. The molecular formula is C15H27N3. The first-order chi connectivity index (χ1) is 8.61. The third-order valence-corrected chi connectivity index (χ3v) is 3.66. The topological polar surface area (TPSA) is 29.9 Å². The van der Waals surface area contributed by atoms with E-state index in [1.54, 1.807) is 0 Å². The quantitative estimate of drug-likeness (QED) is 0.565. The molecule has 1 rings (SSSR count). The zero-order valence-electron chi connectivity index (χ0n) is 12.3. The van der Waals surface area contributed by atoms with Crippen LogP contribution in [0.2, 0.25) is 0 Å². The Morgan fingerprint density at radius 2 is 2.06 bits per heavy atom. The molecule has 3 nitrogen and oxygen atoms in total. The van der Waals surface area contributed by atoms with Crippen molar-refractivity contribution in [2.75, 3.05) is 7.05 Å². The number of unbranched alkanes of at least 4 members (excludes halogenated alkanes) is 3. The predicted octanol–water partition coefficient (Wildman–Crippen LogP) is 3.43. The summed E-state index contributed by atoms with van der Waals surface area (Å²) in [5.41, 5.74) is 3.81. The van der Waals surface area contributed by atoms with Crippen molar-refractivity contribution in [2.45, 2.75) is 52.0 Å². The number of aryl methyl sites for hydroxylation is 2. The van der Waals surface area contributed by atoms with Gasteiger partial charge in [-0.2, -0.15) is 5.10 Å². The lowest BCUT2D eigenvalue weighted by Crippen LogP contribution is -2.18. The maximum absolute atomic E-state index is 4.50. The van der Waals surface area contributed by atoms with Gasteiger partial charge in [0.1, 0.15) is 0 Å². The number of nitrogens with one attached hydrogen (secondary N) is 1. The van der Waals surface area contributed by atoms with Crippen LogP contribution >= 0.6 is 0 Å². The summed E-state index contributed by atoms with van der Waals surface area (Å²) >= 11 is 0. The van der Waals surface area contributed by atoms with Crippen LogP contribution < -0.4 is 5.32 Å². The lowest BCUT2D eigenvalue weighted by atomic mass is 9.98. The molecule has 3 heteroatoms. The Morgan fingerprint density at radius 3 is 2.56 bits per heavy atom. The highest BCUT2D eigenvalue weighted by Gasteiger charge is 2.18.